The van der Waals surface area contributed by atoms with Crippen molar-refractivity contribution in [1.29, 1.82) is 0 Å². The monoisotopic (exact) mass is 340 g/mol. The van der Waals surface area contributed by atoms with Crippen molar-refractivity contribution in [2.75, 3.05) is 20.3 Å². The van der Waals surface area contributed by atoms with Crippen molar-refractivity contribution in [3.05, 3.63) is 33.9 Å². The minimum Gasteiger partial charge on any atom is -0.479 e. The second-order valence-corrected chi connectivity index (χ2v) is 5.19. The first kappa shape index (κ1) is 17.6. The van der Waals surface area contributed by atoms with Crippen LogP contribution in [0.3, 0.4) is 0 Å². The van der Waals surface area contributed by atoms with Crippen LogP contribution >= 0.6 is 0 Å². The molecule has 130 valence electrons. The van der Waals surface area contributed by atoms with Crippen LogP contribution in [0.2, 0.25) is 0 Å². The maximum Gasteiger partial charge on any atom is 0.353 e. The fraction of sp³-hybridized carbons (Fsp3) is 0.429. The molecule has 2 heterocycles. The Morgan fingerprint density at radius 1 is 1.50 bits per heavy atom. The summed E-state index contributed by atoms with van der Waals surface area (Å²) in [5.41, 5.74) is -0.0908. The number of aliphatic hydroxyl groups excluding tert-OH is 1. The van der Waals surface area contributed by atoms with Crippen molar-refractivity contribution in [3.8, 4) is 17.4 Å². The normalized spacial score (nSPS) is 12.0. The second-order valence-electron chi connectivity index (χ2n) is 5.19. The highest BCUT2D eigenvalue weighted by molar-refractivity contribution is 5.52. The third-order valence-corrected chi connectivity index (χ3v) is 3.27. The molecule has 2 rings (SSSR count). The minimum atomic E-state index is -0.639. The van der Waals surface area contributed by atoms with E-state index in [4.69, 9.17) is 14.6 Å². The highest BCUT2D eigenvalue weighted by Crippen LogP contribution is 2.33. The fourth-order valence-corrected chi connectivity index (χ4v) is 2.01. The zero-order chi connectivity index (χ0) is 17.9. The van der Waals surface area contributed by atoms with Gasteiger partial charge in [-0.25, -0.2) is 14.1 Å². The lowest BCUT2D eigenvalue weighted by molar-refractivity contribution is -0.386. The van der Waals surface area contributed by atoms with Gasteiger partial charge in [-0.15, -0.1) is 5.10 Å². The van der Waals surface area contributed by atoms with E-state index in [1.54, 1.807) is 6.92 Å². The number of aliphatic hydroxyl groups is 1. The molecule has 0 aliphatic carbocycles. The molecule has 0 unspecified atom stereocenters. The van der Waals surface area contributed by atoms with Gasteiger partial charge in [-0.3, -0.25) is 10.1 Å². The van der Waals surface area contributed by atoms with Crippen LogP contribution in [0.25, 0.3) is 5.69 Å². The van der Waals surface area contributed by atoms with Crippen LogP contribution in [0, 0.1) is 28.8 Å². The molecule has 0 aliphatic rings. The van der Waals surface area contributed by atoms with Gasteiger partial charge in [0.25, 0.3) is 0 Å². The zero-order valence-corrected chi connectivity index (χ0v) is 13.4. The Morgan fingerprint density at radius 2 is 2.21 bits per heavy atom. The van der Waals surface area contributed by atoms with E-state index in [1.807, 2.05) is 0 Å². The lowest BCUT2D eigenvalue weighted by atomic mass is 10.2. The standard InChI is InChI=1S/C14H17FN4O5/c1-8(6-20)7-24-14-12(19(21)22)9(2)18(17-14)11-4-10(15)5-16-13(11)23-3/h4-5,8,20H,6-7H2,1-3H3/t8-/m1/s1. The van der Waals surface area contributed by atoms with Gasteiger partial charge in [0.15, 0.2) is 0 Å². The Bertz CT molecular complexity index is 749. The molecule has 2 aromatic heterocycles. The summed E-state index contributed by atoms with van der Waals surface area (Å²) >= 11 is 0. The van der Waals surface area contributed by atoms with Crippen LogP contribution in [0.5, 0.6) is 11.8 Å². The Hall–Kier alpha value is -2.75. The Labute approximate surface area is 136 Å². The van der Waals surface area contributed by atoms with Gasteiger partial charge in [0.05, 0.1) is 24.8 Å². The first-order chi connectivity index (χ1) is 11.4. The average molecular weight is 340 g/mol. The molecular weight excluding hydrogens is 323 g/mol. The van der Waals surface area contributed by atoms with E-state index in [9.17, 15) is 14.5 Å². The maximum absolute atomic E-state index is 13.5. The quantitative estimate of drug-likeness (QED) is 0.602. The molecule has 1 N–H and O–H groups in total. The number of nitrogens with zero attached hydrogens (tertiary/aromatic N) is 4. The summed E-state index contributed by atoms with van der Waals surface area (Å²) < 4.78 is 25.1. The van der Waals surface area contributed by atoms with Gasteiger partial charge in [-0.1, -0.05) is 6.92 Å². The summed E-state index contributed by atoms with van der Waals surface area (Å²) in [6.07, 6.45) is 0.968. The van der Waals surface area contributed by atoms with Crippen molar-refractivity contribution in [1.82, 2.24) is 14.8 Å². The van der Waals surface area contributed by atoms with E-state index in [1.165, 1.54) is 14.0 Å². The number of rotatable bonds is 7. The maximum atomic E-state index is 13.5. The molecule has 0 amide bonds. The topological polar surface area (TPSA) is 113 Å². The molecule has 0 saturated heterocycles. The zero-order valence-electron chi connectivity index (χ0n) is 13.4. The lowest BCUT2D eigenvalue weighted by Gasteiger charge is -2.08. The number of hydrogen-bond acceptors (Lipinski definition) is 7. The number of hydrogen-bond donors (Lipinski definition) is 1. The highest BCUT2D eigenvalue weighted by atomic mass is 19.1. The highest BCUT2D eigenvalue weighted by Gasteiger charge is 2.29. The van der Waals surface area contributed by atoms with E-state index < -0.39 is 10.7 Å². The van der Waals surface area contributed by atoms with Crippen molar-refractivity contribution >= 4 is 5.69 Å². The van der Waals surface area contributed by atoms with Crippen LogP contribution in [-0.2, 0) is 0 Å². The molecule has 0 spiro atoms. The molecule has 0 radical (unpaired) electrons. The summed E-state index contributed by atoms with van der Waals surface area (Å²) in [6.45, 7) is 3.09. The molecule has 0 aromatic carbocycles. The van der Waals surface area contributed by atoms with Crippen LogP contribution < -0.4 is 9.47 Å². The molecule has 0 fully saturated rings. The van der Waals surface area contributed by atoms with Gasteiger partial charge in [0.1, 0.15) is 17.2 Å². The van der Waals surface area contributed by atoms with Crippen LogP contribution in [0.4, 0.5) is 10.1 Å². The molecule has 0 aliphatic heterocycles. The molecule has 24 heavy (non-hydrogen) atoms. The Morgan fingerprint density at radius 3 is 2.79 bits per heavy atom. The van der Waals surface area contributed by atoms with E-state index >= 15 is 0 Å². The number of halogens is 1. The number of pyridine rings is 1. The first-order valence-electron chi connectivity index (χ1n) is 7.06. The smallest absolute Gasteiger partial charge is 0.353 e. The lowest BCUT2D eigenvalue weighted by Crippen LogP contribution is -2.13. The Balaban J connectivity index is 2.52. The summed E-state index contributed by atoms with van der Waals surface area (Å²) in [5.74, 6) is -1.02. The molecule has 9 nitrogen and oxygen atoms in total. The fourth-order valence-electron chi connectivity index (χ4n) is 2.01. The van der Waals surface area contributed by atoms with Gasteiger partial charge in [-0.2, -0.15) is 0 Å². The minimum absolute atomic E-state index is 0.0479. The Kier molecular flexibility index (Phi) is 5.29. The predicted molar refractivity (Wildman–Crippen MR) is 81.0 cm³/mol. The van der Waals surface area contributed by atoms with E-state index in [-0.39, 0.29) is 48.0 Å². The first-order valence-corrected chi connectivity index (χ1v) is 7.06. The summed E-state index contributed by atoms with van der Waals surface area (Å²) in [6, 6.07) is 1.11. The summed E-state index contributed by atoms with van der Waals surface area (Å²) in [5, 5.41) is 24.4. The number of aromatic nitrogens is 3. The van der Waals surface area contributed by atoms with Gasteiger partial charge in [0.2, 0.25) is 5.88 Å². The van der Waals surface area contributed by atoms with E-state index in [0.29, 0.717) is 0 Å². The van der Waals surface area contributed by atoms with Crippen LogP contribution in [0.1, 0.15) is 12.6 Å². The van der Waals surface area contributed by atoms with Crippen LogP contribution in [-0.4, -0.2) is 45.1 Å². The van der Waals surface area contributed by atoms with Gasteiger partial charge in [-0.05, 0) is 6.92 Å². The third kappa shape index (κ3) is 3.43. The van der Waals surface area contributed by atoms with E-state index in [2.05, 4.69) is 10.1 Å². The van der Waals surface area contributed by atoms with E-state index in [0.717, 1.165) is 16.9 Å². The van der Waals surface area contributed by atoms with Crippen molar-refractivity contribution in [3.63, 3.8) is 0 Å². The number of nitro groups is 1. The molecule has 0 bridgehead atoms. The molecule has 0 saturated carbocycles. The molecular formula is C14H17FN4O5. The summed E-state index contributed by atoms with van der Waals surface area (Å²) in [4.78, 5) is 14.5. The molecule has 2 aromatic rings. The van der Waals surface area contributed by atoms with Crippen molar-refractivity contribution in [2.45, 2.75) is 13.8 Å². The average Bonchev–Trinajstić information content (AvgIpc) is 2.89. The summed E-state index contributed by atoms with van der Waals surface area (Å²) in [7, 11) is 1.34. The van der Waals surface area contributed by atoms with Crippen LogP contribution in [0.15, 0.2) is 12.3 Å². The van der Waals surface area contributed by atoms with Gasteiger partial charge in [0, 0.05) is 18.6 Å². The largest absolute Gasteiger partial charge is 0.479 e. The number of methoxy groups -OCH3 is 1. The third-order valence-electron chi connectivity index (χ3n) is 3.27. The van der Waals surface area contributed by atoms with Gasteiger partial charge >= 0.3 is 11.6 Å². The number of ether oxygens (including phenoxy) is 2. The SMILES string of the molecule is COc1ncc(F)cc1-n1nc(OC[C@H](C)CO)c([N+](=O)[O-])c1C. The van der Waals surface area contributed by atoms with Crippen molar-refractivity contribution in [2.24, 2.45) is 5.92 Å². The molecule has 1 atom stereocenters. The molecule has 10 heteroatoms. The van der Waals surface area contributed by atoms with Crippen molar-refractivity contribution < 1.29 is 23.9 Å². The second kappa shape index (κ2) is 7.21. The predicted octanol–water partition coefficient (Wildman–Crippen LogP) is 1.64. The van der Waals surface area contributed by atoms with Gasteiger partial charge < -0.3 is 14.6 Å².